The van der Waals surface area contributed by atoms with Crippen LogP contribution in [-0.2, 0) is 11.2 Å². The summed E-state index contributed by atoms with van der Waals surface area (Å²) in [5, 5.41) is 5.92. The van der Waals surface area contributed by atoms with Crippen LogP contribution in [0.1, 0.15) is 5.56 Å². The van der Waals surface area contributed by atoms with Crippen LogP contribution in [0.2, 0.25) is 0 Å². The molecule has 0 aliphatic rings. The van der Waals surface area contributed by atoms with E-state index < -0.39 is 0 Å². The summed E-state index contributed by atoms with van der Waals surface area (Å²) in [4.78, 5) is 19.8. The number of thiazole rings is 1. The molecule has 2 aromatic heterocycles. The standard InChI is InChI=1S/C17H16N4O2S/c1-23-15-5-4-11(8-16(18)22)7-13(15)20-17-21-14(10-24-17)12-3-2-6-19-9-12/h2-7,9-10H,8H2,1H3,(H2,18,22)(H,20,21). The van der Waals surface area contributed by atoms with Gasteiger partial charge in [-0.15, -0.1) is 11.3 Å². The number of methoxy groups -OCH3 is 1. The third-order valence-electron chi connectivity index (χ3n) is 3.35. The van der Waals surface area contributed by atoms with Gasteiger partial charge in [0.25, 0.3) is 0 Å². The number of aromatic nitrogens is 2. The molecule has 7 heteroatoms. The number of ether oxygens (including phenoxy) is 1. The summed E-state index contributed by atoms with van der Waals surface area (Å²) in [6.07, 6.45) is 3.68. The zero-order valence-corrected chi connectivity index (χ0v) is 13.8. The highest BCUT2D eigenvalue weighted by molar-refractivity contribution is 7.14. The van der Waals surface area contributed by atoms with Crippen molar-refractivity contribution in [1.82, 2.24) is 9.97 Å². The smallest absolute Gasteiger partial charge is 0.221 e. The summed E-state index contributed by atoms with van der Waals surface area (Å²) in [5.74, 6) is 0.292. The molecule has 6 nitrogen and oxygen atoms in total. The summed E-state index contributed by atoms with van der Waals surface area (Å²) in [6.45, 7) is 0. The number of nitrogens with zero attached hydrogens (tertiary/aromatic N) is 2. The highest BCUT2D eigenvalue weighted by atomic mass is 32.1. The van der Waals surface area contributed by atoms with E-state index in [1.165, 1.54) is 11.3 Å². The number of hydrogen-bond acceptors (Lipinski definition) is 6. The van der Waals surface area contributed by atoms with Crippen LogP contribution in [0.5, 0.6) is 5.75 Å². The van der Waals surface area contributed by atoms with E-state index in [1.54, 1.807) is 25.6 Å². The number of primary amides is 1. The van der Waals surface area contributed by atoms with E-state index in [1.807, 2.05) is 29.6 Å². The van der Waals surface area contributed by atoms with E-state index >= 15 is 0 Å². The van der Waals surface area contributed by atoms with E-state index in [9.17, 15) is 4.79 Å². The second-order valence-electron chi connectivity index (χ2n) is 5.08. The van der Waals surface area contributed by atoms with E-state index in [-0.39, 0.29) is 12.3 Å². The molecular weight excluding hydrogens is 324 g/mol. The van der Waals surface area contributed by atoms with Crippen molar-refractivity contribution >= 4 is 28.1 Å². The Morgan fingerprint density at radius 1 is 1.38 bits per heavy atom. The minimum atomic E-state index is -0.376. The molecule has 0 bridgehead atoms. The number of hydrogen-bond donors (Lipinski definition) is 2. The predicted molar refractivity (Wildman–Crippen MR) is 94.5 cm³/mol. The molecule has 0 atom stereocenters. The first kappa shape index (κ1) is 15.9. The average molecular weight is 340 g/mol. The van der Waals surface area contributed by atoms with Crippen molar-refractivity contribution in [3.05, 3.63) is 53.7 Å². The maximum atomic E-state index is 11.1. The lowest BCUT2D eigenvalue weighted by atomic mass is 10.1. The third kappa shape index (κ3) is 3.69. The molecule has 0 radical (unpaired) electrons. The van der Waals surface area contributed by atoms with Crippen LogP contribution in [0.15, 0.2) is 48.1 Å². The molecule has 2 heterocycles. The number of carbonyl (C=O) groups is 1. The first-order chi connectivity index (χ1) is 11.7. The number of rotatable bonds is 6. The Morgan fingerprint density at radius 2 is 2.25 bits per heavy atom. The zero-order valence-electron chi connectivity index (χ0n) is 13.0. The highest BCUT2D eigenvalue weighted by Gasteiger charge is 2.10. The normalized spacial score (nSPS) is 10.4. The monoisotopic (exact) mass is 340 g/mol. The number of nitrogens with one attached hydrogen (secondary N) is 1. The Kier molecular flexibility index (Phi) is 4.72. The van der Waals surface area contributed by atoms with Crippen molar-refractivity contribution in [2.45, 2.75) is 6.42 Å². The molecule has 1 amide bonds. The molecule has 3 rings (SSSR count). The topological polar surface area (TPSA) is 90.1 Å². The molecule has 24 heavy (non-hydrogen) atoms. The van der Waals surface area contributed by atoms with Gasteiger partial charge in [0.15, 0.2) is 5.13 Å². The quantitative estimate of drug-likeness (QED) is 0.720. The molecule has 0 unspecified atom stereocenters. The fraction of sp³-hybridized carbons (Fsp3) is 0.118. The highest BCUT2D eigenvalue weighted by Crippen LogP contribution is 2.32. The zero-order chi connectivity index (χ0) is 16.9. The number of pyridine rings is 1. The van der Waals surface area contributed by atoms with Crippen molar-refractivity contribution in [2.24, 2.45) is 5.73 Å². The van der Waals surface area contributed by atoms with Crippen LogP contribution in [-0.4, -0.2) is 23.0 Å². The molecule has 122 valence electrons. The summed E-state index contributed by atoms with van der Waals surface area (Å²) < 4.78 is 5.36. The van der Waals surface area contributed by atoms with Crippen molar-refractivity contribution in [1.29, 1.82) is 0 Å². The summed E-state index contributed by atoms with van der Waals surface area (Å²) >= 11 is 1.48. The number of anilines is 2. The van der Waals surface area contributed by atoms with Gasteiger partial charge in [0, 0.05) is 23.3 Å². The lowest BCUT2D eigenvalue weighted by molar-refractivity contribution is -0.117. The van der Waals surface area contributed by atoms with Crippen LogP contribution < -0.4 is 15.8 Å². The van der Waals surface area contributed by atoms with Gasteiger partial charge < -0.3 is 15.8 Å². The van der Waals surface area contributed by atoms with E-state index in [0.29, 0.717) is 5.75 Å². The first-order valence-corrected chi connectivity index (χ1v) is 8.12. The number of nitrogens with two attached hydrogens (primary N) is 1. The number of amides is 1. The van der Waals surface area contributed by atoms with Gasteiger partial charge in [-0.1, -0.05) is 6.07 Å². The van der Waals surface area contributed by atoms with Gasteiger partial charge in [-0.3, -0.25) is 9.78 Å². The van der Waals surface area contributed by atoms with Crippen molar-refractivity contribution in [3.8, 4) is 17.0 Å². The Bertz CT molecular complexity index is 849. The molecular formula is C17H16N4O2S. The second-order valence-corrected chi connectivity index (χ2v) is 5.94. The van der Waals surface area contributed by atoms with Gasteiger partial charge in [-0.05, 0) is 29.8 Å². The molecule has 0 spiro atoms. The van der Waals surface area contributed by atoms with Crippen molar-refractivity contribution < 1.29 is 9.53 Å². The molecule has 0 saturated carbocycles. The lowest BCUT2D eigenvalue weighted by Crippen LogP contribution is -2.13. The van der Waals surface area contributed by atoms with Gasteiger partial charge in [0.05, 0.1) is 24.9 Å². The molecule has 0 fully saturated rings. The van der Waals surface area contributed by atoms with Crippen molar-refractivity contribution in [2.75, 3.05) is 12.4 Å². The van der Waals surface area contributed by atoms with E-state index in [4.69, 9.17) is 10.5 Å². The average Bonchev–Trinajstić information content (AvgIpc) is 3.04. The Morgan fingerprint density at radius 3 is 2.96 bits per heavy atom. The van der Waals surface area contributed by atoms with Crippen LogP contribution >= 0.6 is 11.3 Å². The predicted octanol–water partition coefficient (Wildman–Crippen LogP) is 2.99. The Balaban J connectivity index is 1.85. The number of benzene rings is 1. The molecule has 0 aliphatic carbocycles. The number of carbonyl (C=O) groups excluding carboxylic acids is 1. The minimum absolute atomic E-state index is 0.178. The largest absolute Gasteiger partial charge is 0.495 e. The second kappa shape index (κ2) is 7.10. The maximum Gasteiger partial charge on any atom is 0.221 e. The maximum absolute atomic E-state index is 11.1. The molecule has 3 N–H and O–H groups in total. The SMILES string of the molecule is COc1ccc(CC(N)=O)cc1Nc1nc(-c2cccnc2)cs1. The fourth-order valence-electron chi connectivity index (χ4n) is 2.26. The third-order valence-corrected chi connectivity index (χ3v) is 4.10. The van der Waals surface area contributed by atoms with Gasteiger partial charge in [-0.25, -0.2) is 4.98 Å². The first-order valence-electron chi connectivity index (χ1n) is 7.24. The molecule has 0 aliphatic heterocycles. The molecule has 1 aromatic carbocycles. The van der Waals surface area contributed by atoms with Crippen LogP contribution in [0.4, 0.5) is 10.8 Å². The van der Waals surface area contributed by atoms with Crippen LogP contribution in [0.25, 0.3) is 11.3 Å². The lowest BCUT2D eigenvalue weighted by Gasteiger charge is -2.10. The van der Waals surface area contributed by atoms with E-state index in [0.717, 1.165) is 27.6 Å². The Labute approximate surface area is 143 Å². The summed E-state index contributed by atoms with van der Waals surface area (Å²) in [6, 6.07) is 9.29. The van der Waals surface area contributed by atoms with Gasteiger partial charge in [-0.2, -0.15) is 0 Å². The van der Waals surface area contributed by atoms with Gasteiger partial charge >= 0.3 is 0 Å². The minimum Gasteiger partial charge on any atom is -0.495 e. The van der Waals surface area contributed by atoms with Crippen LogP contribution in [0.3, 0.4) is 0 Å². The van der Waals surface area contributed by atoms with Gasteiger partial charge in [0.2, 0.25) is 5.91 Å². The fourth-order valence-corrected chi connectivity index (χ4v) is 2.99. The van der Waals surface area contributed by atoms with E-state index in [2.05, 4.69) is 15.3 Å². The molecule has 0 saturated heterocycles. The Hall–Kier alpha value is -2.93. The van der Waals surface area contributed by atoms with Gasteiger partial charge in [0.1, 0.15) is 5.75 Å². The summed E-state index contributed by atoms with van der Waals surface area (Å²) in [5.41, 5.74) is 8.62. The van der Waals surface area contributed by atoms with Crippen LogP contribution in [0, 0.1) is 0 Å². The molecule has 3 aromatic rings. The summed E-state index contributed by atoms with van der Waals surface area (Å²) in [7, 11) is 1.59. The van der Waals surface area contributed by atoms with Crippen molar-refractivity contribution in [3.63, 3.8) is 0 Å².